The van der Waals surface area contributed by atoms with Gasteiger partial charge in [0, 0.05) is 18.8 Å². The lowest BCUT2D eigenvalue weighted by Gasteiger charge is -2.40. The maximum absolute atomic E-state index is 13.6. The highest BCUT2D eigenvalue weighted by molar-refractivity contribution is 5.96. The molecule has 1 heterocycles. The largest absolute Gasteiger partial charge is 0.324 e. The molecule has 0 atom stereocenters. The van der Waals surface area contributed by atoms with Crippen molar-refractivity contribution in [1.29, 1.82) is 0 Å². The summed E-state index contributed by atoms with van der Waals surface area (Å²) < 4.78 is 0. The molecule has 0 aromatic heterocycles. The molecular weight excluding hydrogens is 434 g/mol. The highest BCUT2D eigenvalue weighted by atomic mass is 16.2. The maximum Gasteiger partial charge on any atom is 0.321 e. The molecule has 0 unspecified atom stereocenters. The number of para-hydroxylation sites is 1. The zero-order chi connectivity index (χ0) is 25.4. The molecule has 0 radical (unpaired) electrons. The normalized spacial score (nSPS) is 17.7. The SMILES string of the molecule is CCCCCCCCN1C(=O)N(CC(=O)Nc2c(C(C)C)cccc2C(C)C)CC12CCCCC2. The van der Waals surface area contributed by atoms with Crippen molar-refractivity contribution in [1.82, 2.24) is 9.80 Å². The van der Waals surface area contributed by atoms with Gasteiger partial charge in [0.25, 0.3) is 0 Å². The molecule has 196 valence electrons. The molecule has 5 heteroatoms. The van der Waals surface area contributed by atoms with E-state index in [1.807, 2.05) is 4.90 Å². The summed E-state index contributed by atoms with van der Waals surface area (Å²) in [7, 11) is 0. The minimum atomic E-state index is -0.0827. The molecule has 1 saturated carbocycles. The lowest BCUT2D eigenvalue weighted by atomic mass is 9.81. The molecule has 0 bridgehead atoms. The van der Waals surface area contributed by atoms with Crippen LogP contribution in [0.5, 0.6) is 0 Å². The Labute approximate surface area is 214 Å². The average Bonchev–Trinajstić information content (AvgIpc) is 3.06. The Kier molecular flexibility index (Phi) is 10.1. The molecule has 1 aromatic rings. The minimum Gasteiger partial charge on any atom is -0.324 e. The molecular formula is C30H49N3O2. The first-order valence-corrected chi connectivity index (χ1v) is 14.3. The van der Waals surface area contributed by atoms with Crippen LogP contribution in [0.2, 0.25) is 0 Å². The number of benzene rings is 1. The third-order valence-corrected chi connectivity index (χ3v) is 8.05. The topological polar surface area (TPSA) is 52.7 Å². The van der Waals surface area contributed by atoms with Crippen LogP contribution in [0, 0.1) is 0 Å². The summed E-state index contributed by atoms with van der Waals surface area (Å²) in [4.78, 5) is 30.8. The average molecular weight is 484 g/mol. The highest BCUT2D eigenvalue weighted by Gasteiger charge is 2.49. The van der Waals surface area contributed by atoms with Crippen molar-refractivity contribution >= 4 is 17.6 Å². The van der Waals surface area contributed by atoms with Crippen molar-refractivity contribution in [3.63, 3.8) is 0 Å². The molecule has 5 nitrogen and oxygen atoms in total. The van der Waals surface area contributed by atoms with Crippen molar-refractivity contribution in [3.8, 4) is 0 Å². The van der Waals surface area contributed by atoms with Crippen LogP contribution in [-0.2, 0) is 4.79 Å². The second kappa shape index (κ2) is 12.8. The molecule has 1 N–H and O–H groups in total. The fourth-order valence-corrected chi connectivity index (χ4v) is 6.07. The number of hydrogen-bond donors (Lipinski definition) is 1. The fourth-order valence-electron chi connectivity index (χ4n) is 6.07. The number of anilines is 1. The van der Waals surface area contributed by atoms with Crippen LogP contribution < -0.4 is 5.32 Å². The van der Waals surface area contributed by atoms with E-state index in [1.165, 1.54) is 51.4 Å². The number of nitrogens with zero attached hydrogens (tertiary/aromatic N) is 2. The molecule has 1 aromatic carbocycles. The first-order chi connectivity index (χ1) is 16.8. The summed E-state index contributed by atoms with van der Waals surface area (Å²) in [6, 6.07) is 6.35. The molecule has 1 spiro atoms. The molecule has 1 aliphatic carbocycles. The van der Waals surface area contributed by atoms with Crippen LogP contribution in [0.1, 0.15) is 128 Å². The second-order valence-electron chi connectivity index (χ2n) is 11.5. The van der Waals surface area contributed by atoms with Gasteiger partial charge in [-0.1, -0.05) is 104 Å². The van der Waals surface area contributed by atoms with E-state index in [2.05, 4.69) is 63.0 Å². The number of amides is 3. The predicted octanol–water partition coefficient (Wildman–Crippen LogP) is 7.67. The summed E-state index contributed by atoms with van der Waals surface area (Å²) in [6.07, 6.45) is 13.1. The molecule has 3 amide bonds. The van der Waals surface area contributed by atoms with E-state index in [9.17, 15) is 9.59 Å². The van der Waals surface area contributed by atoms with Crippen LogP contribution in [0.15, 0.2) is 18.2 Å². The Morgan fingerprint density at radius 2 is 1.54 bits per heavy atom. The summed E-state index contributed by atoms with van der Waals surface area (Å²) in [6.45, 7) is 12.5. The number of hydrogen-bond acceptors (Lipinski definition) is 2. The fraction of sp³-hybridized carbons (Fsp3) is 0.733. The summed E-state index contributed by atoms with van der Waals surface area (Å²) in [5, 5.41) is 3.22. The number of unbranched alkanes of at least 4 members (excludes halogenated alkanes) is 5. The van der Waals surface area contributed by atoms with Crippen molar-refractivity contribution in [2.45, 2.75) is 123 Å². The summed E-state index contributed by atoms with van der Waals surface area (Å²) in [5.41, 5.74) is 3.18. The minimum absolute atomic E-state index is 0.0665. The standard InChI is InChI=1S/C30H49N3O2/c1-6-7-8-9-10-14-20-33-29(35)32(22-30(33)18-12-11-13-19-30)21-27(34)31-28-25(23(2)3)16-15-17-26(28)24(4)5/h15-17,23-24H,6-14,18-22H2,1-5H3,(H,31,34). The first-order valence-electron chi connectivity index (χ1n) is 14.3. The van der Waals surface area contributed by atoms with E-state index in [0.29, 0.717) is 18.4 Å². The van der Waals surface area contributed by atoms with Gasteiger partial charge in [-0.15, -0.1) is 0 Å². The van der Waals surface area contributed by atoms with Gasteiger partial charge in [0.1, 0.15) is 6.54 Å². The predicted molar refractivity (Wildman–Crippen MR) is 146 cm³/mol. The van der Waals surface area contributed by atoms with Crippen molar-refractivity contribution in [2.24, 2.45) is 0 Å². The third kappa shape index (κ3) is 6.80. The van der Waals surface area contributed by atoms with E-state index in [1.54, 1.807) is 0 Å². The van der Waals surface area contributed by atoms with Crippen molar-refractivity contribution in [2.75, 3.05) is 25.0 Å². The van der Waals surface area contributed by atoms with Crippen LogP contribution in [0.4, 0.5) is 10.5 Å². The number of carbonyl (C=O) groups excluding carboxylic acids is 2. The molecule has 2 fully saturated rings. The van der Waals surface area contributed by atoms with E-state index in [0.717, 1.165) is 42.6 Å². The van der Waals surface area contributed by atoms with Gasteiger partial charge in [0.2, 0.25) is 5.91 Å². The van der Waals surface area contributed by atoms with E-state index in [-0.39, 0.29) is 24.0 Å². The molecule has 1 saturated heterocycles. The first kappa shape index (κ1) is 27.5. The Bertz CT molecular complexity index is 816. The zero-order valence-corrected chi connectivity index (χ0v) is 23.0. The van der Waals surface area contributed by atoms with Crippen LogP contribution >= 0.6 is 0 Å². The van der Waals surface area contributed by atoms with E-state index < -0.39 is 0 Å². The van der Waals surface area contributed by atoms with Gasteiger partial charge in [-0.25, -0.2) is 4.79 Å². The third-order valence-electron chi connectivity index (χ3n) is 8.05. The van der Waals surface area contributed by atoms with Gasteiger partial charge >= 0.3 is 6.03 Å². The number of rotatable bonds is 12. The number of nitrogens with one attached hydrogen (secondary N) is 1. The van der Waals surface area contributed by atoms with Gasteiger partial charge in [-0.2, -0.15) is 0 Å². The Balaban J connectivity index is 1.69. The zero-order valence-electron chi connectivity index (χ0n) is 23.0. The van der Waals surface area contributed by atoms with Crippen LogP contribution in [0.3, 0.4) is 0 Å². The van der Waals surface area contributed by atoms with Crippen LogP contribution in [-0.4, -0.2) is 46.9 Å². The Hall–Kier alpha value is -2.04. The second-order valence-corrected chi connectivity index (χ2v) is 11.5. The molecule has 3 rings (SSSR count). The van der Waals surface area contributed by atoms with Gasteiger partial charge in [-0.3, -0.25) is 4.79 Å². The van der Waals surface area contributed by atoms with Gasteiger partial charge < -0.3 is 15.1 Å². The lowest BCUT2D eigenvalue weighted by molar-refractivity contribution is -0.116. The van der Waals surface area contributed by atoms with Crippen molar-refractivity contribution in [3.05, 3.63) is 29.3 Å². The molecule has 2 aliphatic rings. The maximum atomic E-state index is 13.6. The Morgan fingerprint density at radius 3 is 2.14 bits per heavy atom. The summed E-state index contributed by atoms with van der Waals surface area (Å²) in [5.74, 6) is 0.548. The van der Waals surface area contributed by atoms with Crippen molar-refractivity contribution < 1.29 is 9.59 Å². The quantitative estimate of drug-likeness (QED) is 0.310. The van der Waals surface area contributed by atoms with Crippen LogP contribution in [0.25, 0.3) is 0 Å². The van der Waals surface area contributed by atoms with E-state index >= 15 is 0 Å². The lowest BCUT2D eigenvalue weighted by Crippen LogP contribution is -2.48. The summed E-state index contributed by atoms with van der Waals surface area (Å²) >= 11 is 0. The smallest absolute Gasteiger partial charge is 0.321 e. The van der Waals surface area contributed by atoms with Gasteiger partial charge in [0.15, 0.2) is 0 Å². The molecule has 1 aliphatic heterocycles. The Morgan fingerprint density at radius 1 is 0.943 bits per heavy atom. The monoisotopic (exact) mass is 483 g/mol. The number of carbonyl (C=O) groups is 2. The van der Waals surface area contributed by atoms with E-state index in [4.69, 9.17) is 0 Å². The van der Waals surface area contributed by atoms with Gasteiger partial charge in [-0.05, 0) is 42.2 Å². The van der Waals surface area contributed by atoms with Gasteiger partial charge in [0.05, 0.1) is 5.54 Å². The molecule has 35 heavy (non-hydrogen) atoms. The highest BCUT2D eigenvalue weighted by Crippen LogP contribution is 2.40. The number of urea groups is 1.